The number of benzene rings is 1. The molecule has 1 aromatic carbocycles. The Morgan fingerprint density at radius 2 is 2.18 bits per heavy atom. The Kier molecular flexibility index (Phi) is 3.14. The predicted molar refractivity (Wildman–Crippen MR) is 58.0 cm³/mol. The predicted octanol–water partition coefficient (Wildman–Crippen LogP) is 3.18. The lowest BCUT2D eigenvalue weighted by atomic mass is 10.1. The van der Waals surface area contributed by atoms with Crippen molar-refractivity contribution in [2.75, 3.05) is 5.73 Å². The first-order valence-corrected chi connectivity index (χ1v) is 4.90. The molecule has 0 spiro atoms. The van der Waals surface area contributed by atoms with Gasteiger partial charge in [0.1, 0.15) is 5.75 Å². The number of ether oxygens (including phenoxy) is 1. The Bertz CT molecular complexity index is 531. The van der Waals surface area contributed by atoms with Crippen molar-refractivity contribution in [3.63, 3.8) is 0 Å². The number of anilines is 1. The van der Waals surface area contributed by atoms with E-state index in [-0.39, 0.29) is 23.1 Å². The third kappa shape index (κ3) is 2.65. The van der Waals surface area contributed by atoms with Gasteiger partial charge in [0.15, 0.2) is 5.76 Å². The monoisotopic (exact) mass is 260 g/mol. The highest BCUT2D eigenvalue weighted by atomic mass is 35.5. The van der Waals surface area contributed by atoms with E-state index in [2.05, 4.69) is 9.72 Å². The molecule has 0 radical (unpaired) electrons. The van der Waals surface area contributed by atoms with Gasteiger partial charge in [0.25, 0.3) is 6.01 Å². The standard InChI is InChI=1S/C10H7ClF2N2O2/c11-5-1-2-7(16-9(12)13)6(3-5)8-4-15-10(14)17-8/h1-4,9H,(H2,14,15). The van der Waals surface area contributed by atoms with Crippen LogP contribution in [0, 0.1) is 0 Å². The van der Waals surface area contributed by atoms with Crippen molar-refractivity contribution in [2.45, 2.75) is 6.61 Å². The average Bonchev–Trinajstić information content (AvgIpc) is 2.67. The molecule has 0 fully saturated rings. The third-order valence-corrected chi connectivity index (χ3v) is 2.18. The van der Waals surface area contributed by atoms with Gasteiger partial charge >= 0.3 is 6.61 Å². The number of rotatable bonds is 3. The maximum atomic E-state index is 12.2. The van der Waals surface area contributed by atoms with Gasteiger partial charge in [-0.05, 0) is 18.2 Å². The highest BCUT2D eigenvalue weighted by Gasteiger charge is 2.15. The second-order valence-corrected chi connectivity index (χ2v) is 3.52. The van der Waals surface area contributed by atoms with Gasteiger partial charge in [-0.25, -0.2) is 4.98 Å². The minimum Gasteiger partial charge on any atom is -0.434 e. The normalized spacial score (nSPS) is 10.8. The fraction of sp³-hybridized carbons (Fsp3) is 0.100. The van der Waals surface area contributed by atoms with Gasteiger partial charge in [-0.3, -0.25) is 0 Å². The number of halogens is 3. The fourth-order valence-corrected chi connectivity index (χ4v) is 1.48. The quantitative estimate of drug-likeness (QED) is 0.921. The second kappa shape index (κ2) is 4.58. The number of nitrogen functional groups attached to an aromatic ring is 1. The molecule has 90 valence electrons. The van der Waals surface area contributed by atoms with Crippen molar-refractivity contribution >= 4 is 17.6 Å². The van der Waals surface area contributed by atoms with Gasteiger partial charge < -0.3 is 14.9 Å². The van der Waals surface area contributed by atoms with Crippen LogP contribution in [0.15, 0.2) is 28.8 Å². The lowest BCUT2D eigenvalue weighted by Gasteiger charge is -2.08. The molecule has 0 aliphatic carbocycles. The Labute approximate surface area is 100.0 Å². The van der Waals surface area contributed by atoms with Crippen LogP contribution in [0.5, 0.6) is 5.75 Å². The summed E-state index contributed by atoms with van der Waals surface area (Å²) in [6.45, 7) is -2.94. The Hall–Kier alpha value is -1.82. The third-order valence-electron chi connectivity index (χ3n) is 1.95. The molecular formula is C10H7ClF2N2O2. The molecule has 0 saturated carbocycles. The van der Waals surface area contributed by atoms with Crippen molar-refractivity contribution in [3.8, 4) is 17.1 Å². The van der Waals surface area contributed by atoms with Crippen LogP contribution in [0.3, 0.4) is 0 Å². The van der Waals surface area contributed by atoms with Crippen LogP contribution in [0.1, 0.15) is 0 Å². The largest absolute Gasteiger partial charge is 0.434 e. The minimum absolute atomic E-state index is 0.0550. The second-order valence-electron chi connectivity index (χ2n) is 3.08. The van der Waals surface area contributed by atoms with Crippen molar-refractivity contribution in [1.82, 2.24) is 4.98 Å². The van der Waals surface area contributed by atoms with Crippen LogP contribution in [0.4, 0.5) is 14.8 Å². The summed E-state index contributed by atoms with van der Waals surface area (Å²) >= 11 is 5.77. The van der Waals surface area contributed by atoms with Crippen LogP contribution < -0.4 is 10.5 Å². The first-order valence-electron chi connectivity index (χ1n) is 4.52. The first kappa shape index (κ1) is 11.7. The zero-order valence-corrected chi connectivity index (χ0v) is 9.12. The highest BCUT2D eigenvalue weighted by Crippen LogP contribution is 2.34. The zero-order chi connectivity index (χ0) is 12.4. The molecule has 0 unspecified atom stereocenters. The van der Waals surface area contributed by atoms with E-state index in [1.807, 2.05) is 0 Å². The number of nitrogens with zero attached hydrogens (tertiary/aromatic N) is 1. The lowest BCUT2D eigenvalue weighted by Crippen LogP contribution is -2.02. The number of aromatic nitrogens is 1. The first-order chi connectivity index (χ1) is 8.06. The van der Waals surface area contributed by atoms with E-state index in [1.165, 1.54) is 24.4 Å². The number of oxazole rings is 1. The number of nitrogens with two attached hydrogens (primary N) is 1. The van der Waals surface area contributed by atoms with Crippen LogP contribution in [0.2, 0.25) is 5.02 Å². The van der Waals surface area contributed by atoms with Gasteiger partial charge in [-0.15, -0.1) is 0 Å². The molecule has 2 aromatic rings. The molecular weight excluding hydrogens is 254 g/mol. The lowest BCUT2D eigenvalue weighted by molar-refractivity contribution is -0.0495. The van der Waals surface area contributed by atoms with E-state index in [1.54, 1.807) is 0 Å². The summed E-state index contributed by atoms with van der Waals surface area (Å²) in [4.78, 5) is 3.67. The minimum atomic E-state index is -2.94. The van der Waals surface area contributed by atoms with Gasteiger partial charge in [-0.2, -0.15) is 8.78 Å². The molecule has 1 heterocycles. The number of hydrogen-bond donors (Lipinski definition) is 1. The molecule has 0 amide bonds. The summed E-state index contributed by atoms with van der Waals surface area (Å²) < 4.78 is 33.8. The van der Waals surface area contributed by atoms with Crippen molar-refractivity contribution < 1.29 is 17.9 Å². The smallest absolute Gasteiger partial charge is 0.387 e. The van der Waals surface area contributed by atoms with Crippen LogP contribution in [0.25, 0.3) is 11.3 Å². The van der Waals surface area contributed by atoms with E-state index in [4.69, 9.17) is 21.8 Å². The fourth-order valence-electron chi connectivity index (χ4n) is 1.31. The molecule has 17 heavy (non-hydrogen) atoms. The van der Waals surface area contributed by atoms with E-state index in [0.29, 0.717) is 5.02 Å². The summed E-state index contributed by atoms with van der Waals surface area (Å²) in [5.74, 6) is 0.154. The molecule has 7 heteroatoms. The Morgan fingerprint density at radius 3 is 2.76 bits per heavy atom. The van der Waals surface area contributed by atoms with Gasteiger partial charge in [-0.1, -0.05) is 11.6 Å². The number of alkyl halides is 2. The highest BCUT2D eigenvalue weighted by molar-refractivity contribution is 6.30. The van der Waals surface area contributed by atoms with E-state index < -0.39 is 6.61 Å². The molecule has 4 nitrogen and oxygen atoms in total. The maximum absolute atomic E-state index is 12.2. The van der Waals surface area contributed by atoms with Gasteiger partial charge in [0.05, 0.1) is 11.8 Å². The van der Waals surface area contributed by atoms with E-state index in [0.717, 1.165) is 0 Å². The summed E-state index contributed by atoms with van der Waals surface area (Å²) in [5.41, 5.74) is 5.57. The Morgan fingerprint density at radius 1 is 1.41 bits per heavy atom. The maximum Gasteiger partial charge on any atom is 0.387 e. The molecule has 0 atom stereocenters. The van der Waals surface area contributed by atoms with Gasteiger partial charge in [0, 0.05) is 5.02 Å². The van der Waals surface area contributed by atoms with Crippen LogP contribution in [-0.4, -0.2) is 11.6 Å². The van der Waals surface area contributed by atoms with Gasteiger partial charge in [0.2, 0.25) is 0 Å². The number of hydrogen-bond acceptors (Lipinski definition) is 4. The summed E-state index contributed by atoms with van der Waals surface area (Å²) in [7, 11) is 0. The summed E-state index contributed by atoms with van der Waals surface area (Å²) in [5, 5.41) is 0.358. The van der Waals surface area contributed by atoms with Crippen molar-refractivity contribution in [1.29, 1.82) is 0 Å². The molecule has 0 aliphatic rings. The average molecular weight is 261 g/mol. The molecule has 2 rings (SSSR count). The van der Waals surface area contributed by atoms with Crippen molar-refractivity contribution in [2.24, 2.45) is 0 Å². The Balaban J connectivity index is 2.46. The summed E-state index contributed by atoms with van der Waals surface area (Å²) in [6.07, 6.45) is 1.30. The van der Waals surface area contributed by atoms with E-state index >= 15 is 0 Å². The molecule has 0 bridgehead atoms. The van der Waals surface area contributed by atoms with E-state index in [9.17, 15) is 8.78 Å². The van der Waals surface area contributed by atoms with Crippen molar-refractivity contribution in [3.05, 3.63) is 29.4 Å². The molecule has 2 N–H and O–H groups in total. The SMILES string of the molecule is Nc1ncc(-c2cc(Cl)ccc2OC(F)F)o1. The molecule has 1 aromatic heterocycles. The summed E-state index contributed by atoms with van der Waals surface area (Å²) in [6, 6.07) is 4.12. The van der Waals surface area contributed by atoms with Crippen LogP contribution >= 0.6 is 11.6 Å². The zero-order valence-electron chi connectivity index (χ0n) is 8.36. The molecule has 0 saturated heterocycles. The van der Waals surface area contributed by atoms with Crippen LogP contribution in [-0.2, 0) is 0 Å². The molecule has 0 aliphatic heterocycles. The topological polar surface area (TPSA) is 61.3 Å².